The zero-order valence-electron chi connectivity index (χ0n) is 15.2. The molecular formula is C20H28ClN3O2. The average molecular weight is 378 g/mol. The van der Waals surface area contributed by atoms with Gasteiger partial charge in [-0.1, -0.05) is 19.1 Å². The summed E-state index contributed by atoms with van der Waals surface area (Å²) in [6.07, 6.45) is 5.79. The third-order valence-corrected chi connectivity index (χ3v) is 5.97. The fraction of sp³-hybridized carbons (Fsp3) is 0.600. The number of halogens is 1. The maximum Gasteiger partial charge on any atom is 0.227 e. The summed E-state index contributed by atoms with van der Waals surface area (Å²) in [6, 6.07) is 9.47. The number of anilines is 1. The highest BCUT2D eigenvalue weighted by Crippen LogP contribution is 2.29. The molecule has 3 heterocycles. The minimum atomic E-state index is -0.231. The van der Waals surface area contributed by atoms with Gasteiger partial charge in [0.2, 0.25) is 11.8 Å². The van der Waals surface area contributed by atoms with Gasteiger partial charge in [0, 0.05) is 36.8 Å². The molecule has 0 aliphatic carbocycles. The number of aryl methyl sites for hydroxylation is 1. The predicted molar refractivity (Wildman–Crippen MR) is 105 cm³/mol. The Hall–Kier alpha value is -1.59. The first kappa shape index (κ1) is 19.2. The number of carbonyl (C=O) groups is 2. The van der Waals surface area contributed by atoms with E-state index in [1.807, 2.05) is 12.1 Å². The van der Waals surface area contributed by atoms with Crippen LogP contribution in [0, 0.1) is 5.92 Å². The van der Waals surface area contributed by atoms with E-state index in [2.05, 4.69) is 29.7 Å². The number of hydrogen-bond acceptors (Lipinski definition) is 3. The molecule has 3 aliphatic rings. The van der Waals surface area contributed by atoms with Gasteiger partial charge in [0.05, 0.1) is 5.92 Å². The summed E-state index contributed by atoms with van der Waals surface area (Å²) in [6.45, 7) is 2.61. The van der Waals surface area contributed by atoms with E-state index in [1.54, 1.807) is 4.90 Å². The van der Waals surface area contributed by atoms with Crippen LogP contribution >= 0.6 is 12.4 Å². The lowest BCUT2D eigenvalue weighted by molar-refractivity contribution is -0.127. The van der Waals surface area contributed by atoms with Crippen LogP contribution in [0.1, 0.15) is 44.6 Å². The number of carbonyl (C=O) groups excluding carboxylic acids is 2. The zero-order valence-corrected chi connectivity index (χ0v) is 16.1. The van der Waals surface area contributed by atoms with E-state index >= 15 is 0 Å². The molecule has 26 heavy (non-hydrogen) atoms. The van der Waals surface area contributed by atoms with Crippen molar-refractivity contribution in [1.82, 2.24) is 10.6 Å². The fourth-order valence-electron chi connectivity index (χ4n) is 4.54. The van der Waals surface area contributed by atoms with E-state index in [9.17, 15) is 9.59 Å². The Kier molecular flexibility index (Phi) is 5.88. The van der Waals surface area contributed by atoms with Gasteiger partial charge in [-0.05, 0) is 49.8 Å². The lowest BCUT2D eigenvalue weighted by Gasteiger charge is -2.30. The zero-order chi connectivity index (χ0) is 17.4. The average Bonchev–Trinajstić information content (AvgIpc) is 3.17. The van der Waals surface area contributed by atoms with Crippen LogP contribution in [-0.2, 0) is 16.0 Å². The first-order chi connectivity index (χ1) is 12.1. The molecule has 0 radical (unpaired) electrons. The molecule has 6 heteroatoms. The lowest BCUT2D eigenvalue weighted by atomic mass is 9.98. The largest absolute Gasteiger partial charge is 0.353 e. The summed E-state index contributed by atoms with van der Waals surface area (Å²) >= 11 is 0. The first-order valence-electron chi connectivity index (χ1n) is 9.58. The second-order valence-corrected chi connectivity index (χ2v) is 7.74. The van der Waals surface area contributed by atoms with Crippen molar-refractivity contribution in [2.24, 2.45) is 5.92 Å². The Bertz CT molecular complexity index is 652. The highest BCUT2D eigenvalue weighted by molar-refractivity contribution is 6.00. The Morgan fingerprint density at radius 2 is 1.85 bits per heavy atom. The molecule has 3 fully saturated rings. The van der Waals surface area contributed by atoms with Gasteiger partial charge < -0.3 is 15.5 Å². The maximum atomic E-state index is 12.7. The molecule has 2 amide bonds. The van der Waals surface area contributed by atoms with Crippen LogP contribution in [0.5, 0.6) is 0 Å². The minimum absolute atomic E-state index is 0. The number of benzene rings is 1. The summed E-state index contributed by atoms with van der Waals surface area (Å²) < 4.78 is 0. The Labute approximate surface area is 161 Å². The summed E-state index contributed by atoms with van der Waals surface area (Å²) in [5.41, 5.74) is 2.16. The molecule has 3 aliphatic heterocycles. The second-order valence-electron chi connectivity index (χ2n) is 7.74. The van der Waals surface area contributed by atoms with Gasteiger partial charge in [-0.2, -0.15) is 0 Å². The van der Waals surface area contributed by atoms with Crippen molar-refractivity contribution in [3.8, 4) is 0 Å². The van der Waals surface area contributed by atoms with Crippen LogP contribution in [0.2, 0.25) is 0 Å². The molecule has 2 N–H and O–H groups in total. The molecule has 4 rings (SSSR count). The second kappa shape index (κ2) is 7.97. The highest BCUT2D eigenvalue weighted by Gasteiger charge is 2.38. The highest BCUT2D eigenvalue weighted by atomic mass is 35.5. The lowest BCUT2D eigenvalue weighted by Crippen LogP contribution is -2.49. The van der Waals surface area contributed by atoms with Crippen LogP contribution in [0.4, 0.5) is 5.69 Å². The minimum Gasteiger partial charge on any atom is -0.353 e. The molecule has 0 saturated carbocycles. The predicted octanol–water partition coefficient (Wildman–Crippen LogP) is 2.42. The van der Waals surface area contributed by atoms with Crippen molar-refractivity contribution in [2.75, 3.05) is 11.4 Å². The summed E-state index contributed by atoms with van der Waals surface area (Å²) in [4.78, 5) is 26.8. The van der Waals surface area contributed by atoms with Crippen LogP contribution in [0.3, 0.4) is 0 Å². The van der Waals surface area contributed by atoms with Gasteiger partial charge in [0.15, 0.2) is 0 Å². The number of piperidine rings is 1. The first-order valence-corrected chi connectivity index (χ1v) is 9.58. The van der Waals surface area contributed by atoms with E-state index in [-0.39, 0.29) is 36.2 Å². The van der Waals surface area contributed by atoms with E-state index < -0.39 is 0 Å². The Balaban J connectivity index is 0.00000196. The van der Waals surface area contributed by atoms with Gasteiger partial charge in [0.1, 0.15) is 0 Å². The third-order valence-electron chi connectivity index (χ3n) is 5.97. The summed E-state index contributed by atoms with van der Waals surface area (Å²) in [7, 11) is 0. The van der Waals surface area contributed by atoms with Gasteiger partial charge >= 0.3 is 0 Å². The normalized spacial score (nSPS) is 30.2. The van der Waals surface area contributed by atoms with Gasteiger partial charge in [-0.15, -0.1) is 12.4 Å². The molecule has 3 unspecified atom stereocenters. The van der Waals surface area contributed by atoms with Crippen molar-refractivity contribution < 1.29 is 9.59 Å². The molecule has 1 aromatic rings. The van der Waals surface area contributed by atoms with Crippen molar-refractivity contribution in [3.63, 3.8) is 0 Å². The van der Waals surface area contributed by atoms with Gasteiger partial charge in [-0.25, -0.2) is 0 Å². The van der Waals surface area contributed by atoms with Crippen molar-refractivity contribution >= 4 is 29.9 Å². The summed E-state index contributed by atoms with van der Waals surface area (Å²) in [5, 5.41) is 6.81. The smallest absolute Gasteiger partial charge is 0.227 e. The topological polar surface area (TPSA) is 61.4 Å². The molecule has 3 saturated heterocycles. The quantitative estimate of drug-likeness (QED) is 0.847. The number of nitrogens with zero attached hydrogens (tertiary/aromatic N) is 1. The third kappa shape index (κ3) is 3.89. The number of fused-ring (bicyclic) bond motifs is 2. The molecule has 0 spiro atoms. The van der Waals surface area contributed by atoms with Crippen LogP contribution < -0.4 is 15.5 Å². The van der Waals surface area contributed by atoms with Gasteiger partial charge in [0.25, 0.3) is 0 Å². The molecule has 5 nitrogen and oxygen atoms in total. The molecule has 142 valence electrons. The van der Waals surface area contributed by atoms with E-state index in [0.717, 1.165) is 24.9 Å². The van der Waals surface area contributed by atoms with Crippen molar-refractivity contribution in [3.05, 3.63) is 29.8 Å². The molecule has 1 aromatic carbocycles. The number of hydrogen-bond donors (Lipinski definition) is 2. The molecular weight excluding hydrogens is 350 g/mol. The molecule has 3 atom stereocenters. The van der Waals surface area contributed by atoms with Crippen LogP contribution in [0.15, 0.2) is 24.3 Å². The number of rotatable bonds is 4. The molecule has 2 bridgehead atoms. The molecule has 0 aromatic heterocycles. The number of amides is 2. The Morgan fingerprint density at radius 3 is 2.46 bits per heavy atom. The van der Waals surface area contributed by atoms with E-state index in [1.165, 1.54) is 18.4 Å². The van der Waals surface area contributed by atoms with E-state index in [0.29, 0.717) is 25.0 Å². The van der Waals surface area contributed by atoms with Crippen molar-refractivity contribution in [2.45, 2.75) is 63.6 Å². The van der Waals surface area contributed by atoms with Crippen molar-refractivity contribution in [1.29, 1.82) is 0 Å². The Morgan fingerprint density at radius 1 is 1.19 bits per heavy atom. The van der Waals surface area contributed by atoms with E-state index in [4.69, 9.17) is 0 Å². The maximum absolute atomic E-state index is 12.7. The fourth-order valence-corrected chi connectivity index (χ4v) is 4.54. The van der Waals surface area contributed by atoms with Crippen LogP contribution in [-0.4, -0.2) is 36.5 Å². The standard InChI is InChI=1S/C20H27N3O2.ClH/c1-2-13-3-7-18(8-4-13)23-12-14(9-19(23)24)20(25)22-17-10-15-5-6-16(11-17)21-15;/h3-4,7-8,14-17,21H,2,5-6,9-12H2,1H3,(H,22,25);1H. The number of nitrogens with one attached hydrogen (secondary N) is 2. The van der Waals surface area contributed by atoms with Gasteiger partial charge in [-0.3, -0.25) is 9.59 Å². The monoisotopic (exact) mass is 377 g/mol. The van der Waals surface area contributed by atoms with Crippen LogP contribution in [0.25, 0.3) is 0 Å². The SMILES string of the molecule is CCc1ccc(N2CC(C(=O)NC3CC4CCC(C3)N4)CC2=O)cc1.Cl. The summed E-state index contributed by atoms with van der Waals surface area (Å²) in [5.74, 6) is -0.131.